The molecule has 80 valence electrons. The van der Waals surface area contributed by atoms with Gasteiger partial charge < -0.3 is 10.8 Å². The van der Waals surface area contributed by atoms with E-state index < -0.39 is 40.2 Å². The van der Waals surface area contributed by atoms with E-state index in [9.17, 15) is 18.0 Å². The van der Waals surface area contributed by atoms with Gasteiger partial charge in [0.15, 0.2) is 17.5 Å². The normalized spacial score (nSPS) is 10.1. The third-order valence-corrected chi connectivity index (χ3v) is 1.81. The Morgan fingerprint density at radius 2 is 1.80 bits per heavy atom. The van der Waals surface area contributed by atoms with Gasteiger partial charge >= 0.3 is 5.97 Å². The lowest BCUT2D eigenvalue weighted by Gasteiger charge is -2.08. The summed E-state index contributed by atoms with van der Waals surface area (Å²) < 4.78 is 39.3. The van der Waals surface area contributed by atoms with Gasteiger partial charge in [0.1, 0.15) is 5.56 Å². The summed E-state index contributed by atoms with van der Waals surface area (Å²) in [5.74, 6) is -6.48. The largest absolute Gasteiger partial charge is 0.478 e. The number of aromatic carboxylic acids is 1. The quantitative estimate of drug-likeness (QED) is 0.588. The summed E-state index contributed by atoms with van der Waals surface area (Å²) in [7, 11) is 0. The topological polar surface area (TPSA) is 63.3 Å². The van der Waals surface area contributed by atoms with Crippen molar-refractivity contribution in [3.8, 4) is 0 Å². The van der Waals surface area contributed by atoms with Crippen molar-refractivity contribution in [3.05, 3.63) is 35.2 Å². The minimum absolute atomic E-state index is 0.718. The lowest BCUT2D eigenvalue weighted by Crippen LogP contribution is -2.12. The minimum atomic E-state index is -1.83. The van der Waals surface area contributed by atoms with Gasteiger partial charge in [-0.2, -0.15) is 0 Å². The Morgan fingerprint density at radius 1 is 1.27 bits per heavy atom. The highest BCUT2D eigenvalue weighted by Crippen LogP contribution is 2.27. The van der Waals surface area contributed by atoms with Crippen molar-refractivity contribution in [1.29, 1.82) is 0 Å². The second kappa shape index (κ2) is 3.64. The molecule has 0 fully saturated rings. The molecule has 0 saturated heterocycles. The standard InChI is InChI=1S/C9H6F3NO2/c1-2-3-5(10)7(12)4(9(14)15)8(13)6(3)11/h2H,1,13H2,(H,14,15). The summed E-state index contributed by atoms with van der Waals surface area (Å²) in [6.45, 7) is 3.06. The molecule has 1 rings (SSSR count). The molecule has 1 aromatic carbocycles. The van der Waals surface area contributed by atoms with Crippen LogP contribution in [0, 0.1) is 17.5 Å². The first-order valence-corrected chi connectivity index (χ1v) is 3.73. The number of hydrogen-bond donors (Lipinski definition) is 2. The molecule has 3 nitrogen and oxygen atoms in total. The lowest BCUT2D eigenvalue weighted by atomic mass is 10.1. The van der Waals surface area contributed by atoms with Gasteiger partial charge in [0.2, 0.25) is 0 Å². The molecule has 1 aromatic rings. The highest BCUT2D eigenvalue weighted by atomic mass is 19.2. The second-order valence-electron chi connectivity index (χ2n) is 2.65. The molecule has 0 aliphatic carbocycles. The summed E-state index contributed by atoms with van der Waals surface area (Å²) in [4.78, 5) is 10.5. The highest BCUT2D eigenvalue weighted by molar-refractivity contribution is 5.94. The fourth-order valence-corrected chi connectivity index (χ4v) is 1.09. The van der Waals surface area contributed by atoms with Gasteiger partial charge in [0.25, 0.3) is 0 Å². The SMILES string of the molecule is C=Cc1c(F)c(N)c(C(=O)O)c(F)c1F. The average Bonchev–Trinajstić information content (AvgIpc) is 2.16. The number of benzene rings is 1. The van der Waals surface area contributed by atoms with Crippen molar-refractivity contribution >= 4 is 17.7 Å². The summed E-state index contributed by atoms with van der Waals surface area (Å²) in [5.41, 5.74) is 2.08. The Morgan fingerprint density at radius 3 is 2.20 bits per heavy atom. The molecule has 0 aliphatic rings. The van der Waals surface area contributed by atoms with E-state index in [0.717, 1.165) is 6.08 Å². The zero-order valence-corrected chi connectivity index (χ0v) is 7.35. The number of halogens is 3. The predicted molar refractivity (Wildman–Crippen MR) is 47.8 cm³/mol. The van der Waals surface area contributed by atoms with Crippen LogP contribution in [-0.2, 0) is 0 Å². The number of hydrogen-bond acceptors (Lipinski definition) is 2. The molecule has 0 spiro atoms. The Balaban J connectivity index is 3.74. The Hall–Kier alpha value is -1.98. The lowest BCUT2D eigenvalue weighted by molar-refractivity contribution is 0.0691. The summed E-state index contributed by atoms with van der Waals surface area (Å²) in [5, 5.41) is 8.48. The van der Waals surface area contributed by atoms with E-state index in [-0.39, 0.29) is 0 Å². The number of nitrogen functional groups attached to an aromatic ring is 1. The van der Waals surface area contributed by atoms with E-state index in [1.54, 1.807) is 0 Å². The maximum Gasteiger partial charge on any atom is 0.341 e. The van der Waals surface area contributed by atoms with Crippen molar-refractivity contribution < 1.29 is 23.1 Å². The van der Waals surface area contributed by atoms with Crippen molar-refractivity contribution in [2.75, 3.05) is 5.73 Å². The highest BCUT2D eigenvalue weighted by Gasteiger charge is 2.25. The van der Waals surface area contributed by atoms with Crippen LogP contribution in [0.15, 0.2) is 6.58 Å². The first-order chi connectivity index (χ1) is 6.91. The molecule has 0 aromatic heterocycles. The summed E-state index contributed by atoms with van der Waals surface area (Å²) in [6, 6.07) is 0. The number of carbonyl (C=O) groups is 1. The van der Waals surface area contributed by atoms with Gasteiger partial charge in [-0.25, -0.2) is 18.0 Å². The smallest absolute Gasteiger partial charge is 0.341 e. The predicted octanol–water partition coefficient (Wildman–Crippen LogP) is 2.03. The van der Waals surface area contributed by atoms with E-state index >= 15 is 0 Å². The first kappa shape index (κ1) is 11.1. The molecule has 0 amide bonds. The molecule has 0 atom stereocenters. The van der Waals surface area contributed by atoms with Crippen LogP contribution in [0.1, 0.15) is 15.9 Å². The summed E-state index contributed by atoms with van der Waals surface area (Å²) in [6.07, 6.45) is 0.718. The molecule has 0 saturated carbocycles. The van der Waals surface area contributed by atoms with Crippen molar-refractivity contribution in [1.82, 2.24) is 0 Å². The van der Waals surface area contributed by atoms with Crippen LogP contribution in [0.4, 0.5) is 18.9 Å². The van der Waals surface area contributed by atoms with Gasteiger partial charge in [-0.1, -0.05) is 12.7 Å². The monoisotopic (exact) mass is 217 g/mol. The van der Waals surface area contributed by atoms with Gasteiger partial charge in [0.05, 0.1) is 11.3 Å². The van der Waals surface area contributed by atoms with Gasteiger partial charge in [-0.15, -0.1) is 0 Å². The Labute approximate surface area is 82.6 Å². The number of nitrogens with two attached hydrogens (primary N) is 1. The van der Waals surface area contributed by atoms with Crippen LogP contribution >= 0.6 is 0 Å². The molecule has 3 N–H and O–H groups in total. The molecule has 0 radical (unpaired) electrons. The van der Waals surface area contributed by atoms with E-state index in [2.05, 4.69) is 6.58 Å². The van der Waals surface area contributed by atoms with E-state index in [0.29, 0.717) is 0 Å². The van der Waals surface area contributed by atoms with Gasteiger partial charge in [-0.05, 0) is 0 Å². The number of carboxylic acid groups (broad SMARTS) is 1. The fourth-order valence-electron chi connectivity index (χ4n) is 1.09. The molecule has 0 aliphatic heterocycles. The van der Waals surface area contributed by atoms with Crippen LogP contribution in [0.2, 0.25) is 0 Å². The van der Waals surface area contributed by atoms with Crippen molar-refractivity contribution in [2.45, 2.75) is 0 Å². The molecule has 0 unspecified atom stereocenters. The van der Waals surface area contributed by atoms with E-state index in [1.165, 1.54) is 0 Å². The van der Waals surface area contributed by atoms with Crippen LogP contribution in [0.3, 0.4) is 0 Å². The maximum absolute atomic E-state index is 13.2. The Bertz CT molecular complexity index is 428. The summed E-state index contributed by atoms with van der Waals surface area (Å²) >= 11 is 0. The van der Waals surface area contributed by atoms with Crippen molar-refractivity contribution in [3.63, 3.8) is 0 Å². The van der Waals surface area contributed by atoms with Crippen LogP contribution in [0.25, 0.3) is 6.08 Å². The average molecular weight is 217 g/mol. The van der Waals surface area contributed by atoms with Crippen LogP contribution in [-0.4, -0.2) is 11.1 Å². The van der Waals surface area contributed by atoms with E-state index in [1.807, 2.05) is 0 Å². The minimum Gasteiger partial charge on any atom is -0.478 e. The molecule has 0 heterocycles. The fraction of sp³-hybridized carbons (Fsp3) is 0. The zero-order valence-electron chi connectivity index (χ0n) is 7.35. The molecular weight excluding hydrogens is 211 g/mol. The zero-order chi connectivity index (χ0) is 11.7. The van der Waals surface area contributed by atoms with Crippen molar-refractivity contribution in [2.24, 2.45) is 0 Å². The third kappa shape index (κ3) is 1.54. The van der Waals surface area contributed by atoms with Crippen LogP contribution in [0.5, 0.6) is 0 Å². The first-order valence-electron chi connectivity index (χ1n) is 3.73. The second-order valence-corrected chi connectivity index (χ2v) is 2.65. The molecular formula is C9H6F3NO2. The molecule has 15 heavy (non-hydrogen) atoms. The number of rotatable bonds is 2. The van der Waals surface area contributed by atoms with Gasteiger partial charge in [-0.3, -0.25) is 0 Å². The van der Waals surface area contributed by atoms with Crippen LogP contribution < -0.4 is 5.73 Å². The number of anilines is 1. The maximum atomic E-state index is 13.2. The number of carboxylic acids is 1. The Kier molecular flexibility index (Phi) is 2.69. The van der Waals surface area contributed by atoms with Gasteiger partial charge in [0, 0.05) is 0 Å². The molecule has 0 bridgehead atoms. The van der Waals surface area contributed by atoms with E-state index in [4.69, 9.17) is 10.8 Å². The molecule has 6 heteroatoms. The third-order valence-electron chi connectivity index (χ3n) is 1.81.